The predicted octanol–water partition coefficient (Wildman–Crippen LogP) is 2.26. The summed E-state index contributed by atoms with van der Waals surface area (Å²) in [5, 5.41) is 0. The van der Waals surface area contributed by atoms with E-state index in [4.69, 9.17) is 0 Å². The van der Waals surface area contributed by atoms with Crippen molar-refractivity contribution in [2.45, 2.75) is 26.2 Å². The van der Waals surface area contributed by atoms with E-state index in [9.17, 15) is 0 Å². The van der Waals surface area contributed by atoms with Crippen LogP contribution in [0, 0.1) is 0 Å². The van der Waals surface area contributed by atoms with Gasteiger partial charge in [0.15, 0.2) is 0 Å². The van der Waals surface area contributed by atoms with E-state index in [0.717, 1.165) is 11.0 Å². The maximum atomic E-state index is 4.17. The normalized spacial score (nSPS) is 12.2. The van der Waals surface area contributed by atoms with Gasteiger partial charge in [0.2, 0.25) is 0 Å². The topological polar surface area (TPSA) is 41.6 Å². The third-order valence-electron chi connectivity index (χ3n) is 2.15. The van der Waals surface area contributed by atoms with Crippen LogP contribution in [0.3, 0.4) is 0 Å². The van der Waals surface area contributed by atoms with Gasteiger partial charge >= 0.3 is 0 Å². The summed E-state index contributed by atoms with van der Waals surface area (Å²) in [7, 11) is 0. The fourth-order valence-corrected chi connectivity index (χ4v) is 1.43. The minimum Gasteiger partial charge on any atom is -0.344 e. The Hall–Kier alpha value is -1.38. The molecule has 0 spiro atoms. The summed E-state index contributed by atoms with van der Waals surface area (Å²) in [6, 6.07) is 0. The van der Waals surface area contributed by atoms with Crippen LogP contribution in [0.5, 0.6) is 0 Å². The molecule has 0 aliphatic carbocycles. The molecule has 0 fully saturated rings. The van der Waals surface area contributed by atoms with Gasteiger partial charge in [-0.3, -0.25) is 4.98 Å². The van der Waals surface area contributed by atoms with Gasteiger partial charge in [-0.2, -0.15) is 0 Å². The zero-order valence-corrected chi connectivity index (χ0v) is 8.13. The predicted molar refractivity (Wildman–Crippen MR) is 52.6 cm³/mol. The minimum atomic E-state index is 0.110. The van der Waals surface area contributed by atoms with E-state index in [2.05, 4.69) is 35.7 Å². The maximum Gasteiger partial charge on any atom is 0.107 e. The second kappa shape index (κ2) is 2.55. The van der Waals surface area contributed by atoms with Gasteiger partial charge < -0.3 is 4.98 Å². The van der Waals surface area contributed by atoms with Gasteiger partial charge in [-0.25, -0.2) is 4.98 Å². The molecular weight excluding hydrogens is 162 g/mol. The number of rotatable bonds is 0. The van der Waals surface area contributed by atoms with Crippen LogP contribution in [-0.4, -0.2) is 15.0 Å². The molecule has 2 aromatic heterocycles. The second-order valence-corrected chi connectivity index (χ2v) is 4.23. The van der Waals surface area contributed by atoms with E-state index in [1.807, 2.05) is 6.20 Å². The van der Waals surface area contributed by atoms with Crippen molar-refractivity contribution in [1.82, 2.24) is 15.0 Å². The molecule has 0 saturated carbocycles. The Morgan fingerprint density at radius 1 is 1.23 bits per heavy atom. The van der Waals surface area contributed by atoms with Gasteiger partial charge in [0, 0.05) is 11.8 Å². The first-order valence-electron chi connectivity index (χ1n) is 4.36. The Balaban J connectivity index is 2.75. The molecule has 0 aliphatic rings. The van der Waals surface area contributed by atoms with E-state index in [1.54, 1.807) is 12.5 Å². The monoisotopic (exact) mass is 175 g/mol. The van der Waals surface area contributed by atoms with E-state index in [1.165, 1.54) is 5.56 Å². The lowest BCUT2D eigenvalue weighted by atomic mass is 9.87. The number of nitrogens with one attached hydrogen (secondary N) is 1. The number of fused-ring (bicyclic) bond motifs is 1. The van der Waals surface area contributed by atoms with Crippen LogP contribution >= 0.6 is 0 Å². The Labute approximate surface area is 77.2 Å². The Kier molecular flexibility index (Phi) is 1.62. The van der Waals surface area contributed by atoms with Crippen molar-refractivity contribution in [1.29, 1.82) is 0 Å². The minimum absolute atomic E-state index is 0.110. The van der Waals surface area contributed by atoms with Gasteiger partial charge in [0.1, 0.15) is 5.52 Å². The van der Waals surface area contributed by atoms with Crippen molar-refractivity contribution in [3.63, 3.8) is 0 Å². The molecule has 3 heteroatoms. The summed E-state index contributed by atoms with van der Waals surface area (Å²) in [6.07, 6.45) is 5.39. The molecular formula is C10H13N3. The lowest BCUT2D eigenvalue weighted by molar-refractivity contribution is 0.592. The largest absolute Gasteiger partial charge is 0.344 e. The molecule has 2 rings (SSSR count). The Bertz CT molecular complexity index is 423. The number of imidazole rings is 1. The molecule has 68 valence electrons. The molecule has 1 N–H and O–H groups in total. The third kappa shape index (κ3) is 1.30. The molecule has 0 aliphatic heterocycles. The van der Waals surface area contributed by atoms with Crippen molar-refractivity contribution >= 4 is 11.0 Å². The number of pyridine rings is 1. The highest BCUT2D eigenvalue weighted by molar-refractivity contribution is 5.77. The quantitative estimate of drug-likeness (QED) is 0.667. The molecule has 0 amide bonds. The molecule has 0 bridgehead atoms. The molecule has 0 saturated heterocycles. The summed E-state index contributed by atoms with van der Waals surface area (Å²) in [6.45, 7) is 6.51. The number of aromatic amines is 1. The summed E-state index contributed by atoms with van der Waals surface area (Å²) < 4.78 is 0. The first-order chi connectivity index (χ1) is 6.09. The number of aromatic nitrogens is 3. The van der Waals surface area contributed by atoms with E-state index >= 15 is 0 Å². The van der Waals surface area contributed by atoms with Crippen LogP contribution in [0.15, 0.2) is 18.7 Å². The van der Waals surface area contributed by atoms with Crippen molar-refractivity contribution in [2.24, 2.45) is 0 Å². The zero-order chi connectivity index (χ0) is 9.47. The van der Waals surface area contributed by atoms with Crippen molar-refractivity contribution < 1.29 is 0 Å². The number of hydrogen-bond donors (Lipinski definition) is 1. The average molecular weight is 175 g/mol. The molecule has 2 heterocycles. The molecule has 0 atom stereocenters. The first kappa shape index (κ1) is 8.23. The molecule has 2 aromatic rings. The number of nitrogens with zero attached hydrogens (tertiary/aromatic N) is 2. The van der Waals surface area contributed by atoms with Gasteiger partial charge in [-0.1, -0.05) is 20.8 Å². The van der Waals surface area contributed by atoms with E-state index in [-0.39, 0.29) is 5.41 Å². The van der Waals surface area contributed by atoms with Gasteiger partial charge in [0.25, 0.3) is 0 Å². The van der Waals surface area contributed by atoms with Crippen LogP contribution in [0.2, 0.25) is 0 Å². The van der Waals surface area contributed by atoms with Gasteiger partial charge in [0.05, 0.1) is 18.0 Å². The molecule has 3 nitrogen and oxygen atoms in total. The number of H-pyrrole nitrogens is 1. The SMILES string of the molecule is CC(C)(C)c1cncc2nc[nH]c12. The standard InChI is InChI=1S/C10H13N3/c1-10(2,3)7-4-11-5-8-9(7)13-6-12-8/h4-6H,1-3H3,(H,12,13). The Morgan fingerprint density at radius 2 is 2.00 bits per heavy atom. The van der Waals surface area contributed by atoms with Crippen LogP contribution in [0.25, 0.3) is 11.0 Å². The van der Waals surface area contributed by atoms with Crippen LogP contribution < -0.4 is 0 Å². The maximum absolute atomic E-state index is 4.17. The highest BCUT2D eigenvalue weighted by Gasteiger charge is 2.17. The molecule has 13 heavy (non-hydrogen) atoms. The van der Waals surface area contributed by atoms with E-state index < -0.39 is 0 Å². The number of hydrogen-bond acceptors (Lipinski definition) is 2. The molecule has 0 aromatic carbocycles. The fraction of sp³-hybridized carbons (Fsp3) is 0.400. The summed E-state index contributed by atoms with van der Waals surface area (Å²) in [5.74, 6) is 0. The van der Waals surface area contributed by atoms with Crippen molar-refractivity contribution in [3.8, 4) is 0 Å². The molecule has 0 unspecified atom stereocenters. The zero-order valence-electron chi connectivity index (χ0n) is 8.13. The van der Waals surface area contributed by atoms with Crippen LogP contribution in [0.1, 0.15) is 26.3 Å². The van der Waals surface area contributed by atoms with Crippen LogP contribution in [0.4, 0.5) is 0 Å². The highest BCUT2D eigenvalue weighted by atomic mass is 14.9. The van der Waals surface area contributed by atoms with Gasteiger partial charge in [-0.05, 0) is 5.41 Å². The fourth-order valence-electron chi connectivity index (χ4n) is 1.43. The highest BCUT2D eigenvalue weighted by Crippen LogP contribution is 2.26. The third-order valence-corrected chi connectivity index (χ3v) is 2.15. The smallest absolute Gasteiger partial charge is 0.107 e. The van der Waals surface area contributed by atoms with Crippen LogP contribution in [-0.2, 0) is 5.41 Å². The summed E-state index contributed by atoms with van der Waals surface area (Å²) in [5.41, 5.74) is 3.36. The lowest BCUT2D eigenvalue weighted by Gasteiger charge is -2.18. The van der Waals surface area contributed by atoms with E-state index in [0.29, 0.717) is 0 Å². The second-order valence-electron chi connectivity index (χ2n) is 4.23. The summed E-state index contributed by atoms with van der Waals surface area (Å²) in [4.78, 5) is 11.5. The summed E-state index contributed by atoms with van der Waals surface area (Å²) >= 11 is 0. The lowest BCUT2D eigenvalue weighted by Crippen LogP contribution is -2.12. The Morgan fingerprint density at radius 3 is 2.69 bits per heavy atom. The first-order valence-corrected chi connectivity index (χ1v) is 4.36. The van der Waals surface area contributed by atoms with Gasteiger partial charge in [-0.15, -0.1) is 0 Å². The van der Waals surface area contributed by atoms with Crippen molar-refractivity contribution in [2.75, 3.05) is 0 Å². The average Bonchev–Trinajstić information content (AvgIpc) is 2.48. The van der Waals surface area contributed by atoms with Crippen molar-refractivity contribution in [3.05, 3.63) is 24.3 Å². The molecule has 0 radical (unpaired) electrons.